The average Bonchev–Trinajstić information content (AvgIpc) is 2.43. The molecule has 0 spiro atoms. The van der Waals surface area contributed by atoms with Crippen LogP contribution in [0.15, 0.2) is 0 Å². The molecule has 0 aliphatic heterocycles. The third kappa shape index (κ3) is 5.30. The van der Waals surface area contributed by atoms with E-state index in [1.165, 1.54) is 0 Å². The van der Waals surface area contributed by atoms with Crippen LogP contribution in [-0.4, -0.2) is 29.1 Å². The summed E-state index contributed by atoms with van der Waals surface area (Å²) in [5.74, 6) is -0.235. The molecule has 1 aliphatic carbocycles. The van der Waals surface area contributed by atoms with E-state index in [0.29, 0.717) is 37.6 Å². The van der Waals surface area contributed by atoms with Gasteiger partial charge in [0.1, 0.15) is 5.54 Å². The Morgan fingerprint density at radius 2 is 2.14 bits per heavy atom. The van der Waals surface area contributed by atoms with Gasteiger partial charge in [0.05, 0.1) is 0 Å². The Morgan fingerprint density at radius 1 is 1.43 bits per heavy atom. The van der Waals surface area contributed by atoms with Gasteiger partial charge in [-0.2, -0.15) is 0 Å². The van der Waals surface area contributed by atoms with Gasteiger partial charge in [0.2, 0.25) is 5.91 Å². The molecule has 21 heavy (non-hydrogen) atoms. The number of nitrogens with two attached hydrogens (primary N) is 1. The quantitative estimate of drug-likeness (QED) is 0.641. The second-order valence-electron chi connectivity index (χ2n) is 6.53. The number of carbonyl (C=O) groups excluding carboxylic acids is 1. The number of hydrogen-bond donors (Lipinski definition) is 3. The summed E-state index contributed by atoms with van der Waals surface area (Å²) in [6, 6.07) is 0. The fourth-order valence-electron chi connectivity index (χ4n) is 3.37. The van der Waals surface area contributed by atoms with Crippen molar-refractivity contribution in [3.8, 4) is 0 Å². The number of nitrogens with one attached hydrogen (secondary N) is 1. The average molecular weight is 298 g/mol. The van der Waals surface area contributed by atoms with Gasteiger partial charge in [-0.3, -0.25) is 4.79 Å². The van der Waals surface area contributed by atoms with Gasteiger partial charge in [0, 0.05) is 6.42 Å². The topological polar surface area (TPSA) is 92.4 Å². The zero-order valence-electron chi connectivity index (χ0n) is 13.4. The standard InChI is InChI=1S/C16H30N2O3/c1-3-13(8-10-17)6-7-14(19)18-16(15(20)21)9-4-5-12(2)11-16/h12-13H,3-11,17H2,1-2H3,(H,18,19)(H,20,21). The van der Waals surface area contributed by atoms with E-state index in [9.17, 15) is 14.7 Å². The minimum atomic E-state index is -1.05. The highest BCUT2D eigenvalue weighted by Crippen LogP contribution is 2.32. The molecule has 0 bridgehead atoms. The smallest absolute Gasteiger partial charge is 0.329 e. The summed E-state index contributed by atoms with van der Waals surface area (Å²) >= 11 is 0. The Morgan fingerprint density at radius 3 is 2.67 bits per heavy atom. The molecular weight excluding hydrogens is 268 g/mol. The molecule has 0 aromatic rings. The van der Waals surface area contributed by atoms with Gasteiger partial charge in [0.25, 0.3) is 0 Å². The Hall–Kier alpha value is -1.10. The normalized spacial score (nSPS) is 27.1. The molecule has 0 saturated heterocycles. The third-order valence-electron chi connectivity index (χ3n) is 4.72. The molecular formula is C16H30N2O3. The summed E-state index contributed by atoms with van der Waals surface area (Å²) < 4.78 is 0. The molecule has 0 aromatic heterocycles. The first-order chi connectivity index (χ1) is 9.93. The predicted octanol–water partition coefficient (Wildman–Crippen LogP) is 2.29. The third-order valence-corrected chi connectivity index (χ3v) is 4.72. The molecule has 0 aromatic carbocycles. The molecule has 0 heterocycles. The highest BCUT2D eigenvalue weighted by Gasteiger charge is 2.42. The van der Waals surface area contributed by atoms with Crippen molar-refractivity contribution in [3.05, 3.63) is 0 Å². The van der Waals surface area contributed by atoms with Crippen molar-refractivity contribution in [3.63, 3.8) is 0 Å². The lowest BCUT2D eigenvalue weighted by Gasteiger charge is -2.37. The van der Waals surface area contributed by atoms with E-state index in [2.05, 4.69) is 19.2 Å². The Labute approximate surface area is 127 Å². The fraction of sp³-hybridized carbons (Fsp3) is 0.875. The Balaban J connectivity index is 2.55. The van der Waals surface area contributed by atoms with Crippen molar-refractivity contribution in [2.24, 2.45) is 17.6 Å². The maximum atomic E-state index is 12.1. The lowest BCUT2D eigenvalue weighted by Crippen LogP contribution is -2.56. The summed E-state index contributed by atoms with van der Waals surface area (Å²) in [6.45, 7) is 4.79. The van der Waals surface area contributed by atoms with E-state index in [1.807, 2.05) is 0 Å². The Kier molecular flexibility index (Phi) is 7.15. The number of hydrogen-bond acceptors (Lipinski definition) is 3. The van der Waals surface area contributed by atoms with Gasteiger partial charge < -0.3 is 16.2 Å². The van der Waals surface area contributed by atoms with E-state index in [4.69, 9.17) is 5.73 Å². The van der Waals surface area contributed by atoms with Crippen molar-refractivity contribution < 1.29 is 14.7 Å². The van der Waals surface area contributed by atoms with E-state index in [1.54, 1.807) is 0 Å². The molecule has 1 aliphatic rings. The maximum Gasteiger partial charge on any atom is 0.329 e. The second kappa shape index (κ2) is 8.37. The van der Waals surface area contributed by atoms with Crippen molar-refractivity contribution >= 4 is 11.9 Å². The van der Waals surface area contributed by atoms with E-state index >= 15 is 0 Å². The van der Waals surface area contributed by atoms with E-state index in [0.717, 1.165) is 32.1 Å². The van der Waals surface area contributed by atoms with Crippen molar-refractivity contribution in [1.29, 1.82) is 0 Å². The summed E-state index contributed by atoms with van der Waals surface area (Å²) in [5, 5.41) is 12.3. The van der Waals surface area contributed by atoms with Crippen LogP contribution in [0.3, 0.4) is 0 Å². The maximum absolute atomic E-state index is 12.1. The first kappa shape index (κ1) is 18.0. The minimum absolute atomic E-state index is 0.137. The van der Waals surface area contributed by atoms with Crippen LogP contribution in [0.5, 0.6) is 0 Å². The van der Waals surface area contributed by atoms with Gasteiger partial charge >= 0.3 is 5.97 Å². The minimum Gasteiger partial charge on any atom is -0.480 e. The van der Waals surface area contributed by atoms with E-state index < -0.39 is 11.5 Å². The summed E-state index contributed by atoms with van der Waals surface area (Å²) in [5.41, 5.74) is 4.51. The lowest BCUT2D eigenvalue weighted by molar-refractivity contribution is -0.150. The molecule has 1 rings (SSSR count). The van der Waals surface area contributed by atoms with Gasteiger partial charge in [-0.1, -0.05) is 33.1 Å². The fourth-order valence-corrected chi connectivity index (χ4v) is 3.37. The molecule has 5 heteroatoms. The van der Waals surface area contributed by atoms with Crippen LogP contribution in [0.4, 0.5) is 0 Å². The van der Waals surface area contributed by atoms with Crippen molar-refractivity contribution in [2.75, 3.05) is 6.54 Å². The number of rotatable bonds is 8. The zero-order chi connectivity index (χ0) is 15.9. The number of aliphatic carboxylic acids is 1. The summed E-state index contributed by atoms with van der Waals surface area (Å²) in [7, 11) is 0. The van der Waals surface area contributed by atoms with Gasteiger partial charge in [-0.05, 0) is 44.1 Å². The second-order valence-corrected chi connectivity index (χ2v) is 6.53. The summed E-state index contributed by atoms with van der Waals surface area (Å²) in [4.78, 5) is 23.8. The molecule has 1 amide bonds. The highest BCUT2D eigenvalue weighted by atomic mass is 16.4. The van der Waals surface area contributed by atoms with Crippen LogP contribution in [0.1, 0.15) is 65.2 Å². The van der Waals surface area contributed by atoms with Gasteiger partial charge in [-0.25, -0.2) is 4.79 Å². The SMILES string of the molecule is CCC(CCN)CCC(=O)NC1(C(=O)O)CCCC(C)C1. The molecule has 122 valence electrons. The molecule has 1 fully saturated rings. The van der Waals surface area contributed by atoms with Crippen LogP contribution < -0.4 is 11.1 Å². The number of carboxylic acids is 1. The predicted molar refractivity (Wildman–Crippen MR) is 82.8 cm³/mol. The zero-order valence-corrected chi connectivity index (χ0v) is 13.4. The first-order valence-corrected chi connectivity index (χ1v) is 8.18. The van der Waals surface area contributed by atoms with E-state index in [-0.39, 0.29) is 5.91 Å². The summed E-state index contributed by atoms with van der Waals surface area (Å²) in [6.07, 6.45) is 6.08. The Bertz CT molecular complexity index is 359. The molecule has 5 nitrogen and oxygen atoms in total. The van der Waals surface area contributed by atoms with Crippen molar-refractivity contribution in [2.45, 2.75) is 70.8 Å². The van der Waals surface area contributed by atoms with Gasteiger partial charge in [0.15, 0.2) is 0 Å². The highest BCUT2D eigenvalue weighted by molar-refractivity contribution is 5.87. The molecule has 3 atom stereocenters. The van der Waals surface area contributed by atoms with Crippen LogP contribution in [0.2, 0.25) is 0 Å². The van der Waals surface area contributed by atoms with Crippen LogP contribution in [0, 0.1) is 11.8 Å². The van der Waals surface area contributed by atoms with Crippen molar-refractivity contribution in [1.82, 2.24) is 5.32 Å². The largest absolute Gasteiger partial charge is 0.480 e. The number of amides is 1. The number of carbonyl (C=O) groups is 2. The van der Waals surface area contributed by atoms with Crippen LogP contribution in [-0.2, 0) is 9.59 Å². The monoisotopic (exact) mass is 298 g/mol. The van der Waals surface area contributed by atoms with Crippen LogP contribution in [0.25, 0.3) is 0 Å². The molecule has 4 N–H and O–H groups in total. The van der Waals surface area contributed by atoms with Crippen LogP contribution >= 0.6 is 0 Å². The molecule has 0 radical (unpaired) electrons. The first-order valence-electron chi connectivity index (χ1n) is 8.18. The van der Waals surface area contributed by atoms with Gasteiger partial charge in [-0.15, -0.1) is 0 Å². The number of carboxylic acid groups (broad SMARTS) is 1. The molecule has 1 saturated carbocycles. The molecule has 3 unspecified atom stereocenters. The lowest BCUT2D eigenvalue weighted by atomic mass is 9.76.